The molecule has 0 saturated carbocycles. The molecular formula is C24H27N3O3S. The number of rotatable bonds is 4. The predicted octanol–water partition coefficient (Wildman–Crippen LogP) is 4.53. The van der Waals surface area contributed by atoms with Crippen LogP contribution in [-0.2, 0) is 9.59 Å². The molecule has 2 saturated heterocycles. The molecule has 0 spiro atoms. The molecule has 0 aliphatic carbocycles. The maximum Gasteiger partial charge on any atom is 0.294 e. The van der Waals surface area contributed by atoms with Gasteiger partial charge in [0.2, 0.25) is 5.91 Å². The van der Waals surface area contributed by atoms with Crippen LogP contribution >= 0.6 is 11.8 Å². The predicted molar refractivity (Wildman–Crippen MR) is 123 cm³/mol. The second-order valence-electron chi connectivity index (χ2n) is 8.08. The molecule has 0 radical (unpaired) electrons. The normalized spacial score (nSPS) is 18.7. The standard InChI is InChI=1S/C24H27N3O3S/c1-17-9-7-11-20(18(17)2)26-14-8-10-19(26)15-21-23(29)27(24(30)31-21)16-22(28)25-12-5-3-4-6-13-25/h7-11,14-15H,3-6,12-13,16H2,1-2H3. The molecule has 31 heavy (non-hydrogen) atoms. The van der Waals surface area contributed by atoms with Gasteiger partial charge in [-0.15, -0.1) is 0 Å². The van der Waals surface area contributed by atoms with Gasteiger partial charge in [0.25, 0.3) is 11.1 Å². The number of amides is 3. The molecule has 2 aliphatic rings. The highest BCUT2D eigenvalue weighted by Gasteiger charge is 2.37. The fraction of sp³-hybridized carbons (Fsp3) is 0.375. The first-order valence-electron chi connectivity index (χ1n) is 10.7. The minimum Gasteiger partial charge on any atom is -0.341 e. The van der Waals surface area contributed by atoms with Gasteiger partial charge in [0.15, 0.2) is 0 Å². The molecule has 1 aromatic heterocycles. The number of benzene rings is 1. The molecule has 4 rings (SSSR count). The summed E-state index contributed by atoms with van der Waals surface area (Å²) in [4.78, 5) is 41.3. The van der Waals surface area contributed by atoms with E-state index in [-0.39, 0.29) is 17.7 Å². The molecule has 2 aromatic rings. The largest absolute Gasteiger partial charge is 0.341 e. The number of aryl methyl sites for hydroxylation is 1. The van der Waals surface area contributed by atoms with Crippen LogP contribution in [0.25, 0.3) is 11.8 Å². The van der Waals surface area contributed by atoms with Crippen LogP contribution in [0.15, 0.2) is 41.4 Å². The number of hydrogen-bond donors (Lipinski definition) is 0. The van der Waals surface area contributed by atoms with Gasteiger partial charge in [-0.3, -0.25) is 19.3 Å². The Morgan fingerprint density at radius 2 is 1.77 bits per heavy atom. The van der Waals surface area contributed by atoms with Crippen molar-refractivity contribution in [2.75, 3.05) is 19.6 Å². The zero-order valence-corrected chi connectivity index (χ0v) is 18.8. The van der Waals surface area contributed by atoms with Crippen LogP contribution in [0.2, 0.25) is 0 Å². The fourth-order valence-corrected chi connectivity index (χ4v) is 4.88. The van der Waals surface area contributed by atoms with E-state index in [1.54, 1.807) is 11.0 Å². The van der Waals surface area contributed by atoms with Crippen LogP contribution in [0.1, 0.15) is 42.5 Å². The Morgan fingerprint density at radius 3 is 2.52 bits per heavy atom. The summed E-state index contributed by atoms with van der Waals surface area (Å²) in [5.74, 6) is -0.545. The molecule has 2 aliphatic heterocycles. The zero-order valence-electron chi connectivity index (χ0n) is 18.0. The number of nitrogens with zero attached hydrogens (tertiary/aromatic N) is 3. The van der Waals surface area contributed by atoms with E-state index >= 15 is 0 Å². The summed E-state index contributed by atoms with van der Waals surface area (Å²) in [5, 5.41) is -0.385. The molecular weight excluding hydrogens is 410 g/mol. The smallest absolute Gasteiger partial charge is 0.294 e. The molecule has 162 valence electrons. The van der Waals surface area contributed by atoms with Gasteiger partial charge in [0.1, 0.15) is 6.54 Å². The minimum atomic E-state index is -0.396. The number of carbonyl (C=O) groups excluding carboxylic acids is 3. The van der Waals surface area contributed by atoms with Crippen LogP contribution < -0.4 is 0 Å². The second-order valence-corrected chi connectivity index (χ2v) is 9.08. The van der Waals surface area contributed by atoms with Gasteiger partial charge in [-0.1, -0.05) is 25.0 Å². The number of thioether (sulfide) groups is 1. The third kappa shape index (κ3) is 4.46. The molecule has 7 heteroatoms. The van der Waals surface area contributed by atoms with E-state index in [4.69, 9.17) is 0 Å². The van der Waals surface area contributed by atoms with Gasteiger partial charge in [-0.05, 0) is 73.9 Å². The van der Waals surface area contributed by atoms with Crippen LogP contribution in [0.3, 0.4) is 0 Å². The Labute approximate surface area is 186 Å². The van der Waals surface area contributed by atoms with Crippen LogP contribution in [0, 0.1) is 13.8 Å². The molecule has 0 unspecified atom stereocenters. The Hall–Kier alpha value is -2.80. The van der Waals surface area contributed by atoms with Crippen molar-refractivity contribution in [1.82, 2.24) is 14.4 Å². The van der Waals surface area contributed by atoms with Crippen LogP contribution in [0.4, 0.5) is 4.79 Å². The Bertz CT molecular complexity index is 1050. The van der Waals surface area contributed by atoms with E-state index in [0.717, 1.165) is 59.3 Å². The monoisotopic (exact) mass is 437 g/mol. The highest BCUT2D eigenvalue weighted by molar-refractivity contribution is 8.18. The van der Waals surface area contributed by atoms with Crippen molar-refractivity contribution in [3.05, 3.63) is 58.3 Å². The van der Waals surface area contributed by atoms with Crippen molar-refractivity contribution in [2.45, 2.75) is 39.5 Å². The van der Waals surface area contributed by atoms with Gasteiger partial charge in [-0.25, -0.2) is 0 Å². The van der Waals surface area contributed by atoms with E-state index in [1.165, 1.54) is 5.56 Å². The third-order valence-corrected chi connectivity index (χ3v) is 6.93. The average molecular weight is 438 g/mol. The lowest BCUT2D eigenvalue weighted by Gasteiger charge is -2.22. The van der Waals surface area contributed by atoms with Gasteiger partial charge in [0.05, 0.1) is 4.91 Å². The van der Waals surface area contributed by atoms with E-state index in [9.17, 15) is 14.4 Å². The maximum atomic E-state index is 12.9. The van der Waals surface area contributed by atoms with Gasteiger partial charge < -0.3 is 9.47 Å². The van der Waals surface area contributed by atoms with Crippen molar-refractivity contribution in [3.8, 4) is 5.69 Å². The SMILES string of the molecule is Cc1cccc(-n2cccc2C=C2SC(=O)N(CC(=O)N3CCCCCC3)C2=O)c1C. The fourth-order valence-electron chi connectivity index (χ4n) is 4.05. The molecule has 0 N–H and O–H groups in total. The first kappa shape index (κ1) is 21.4. The summed E-state index contributed by atoms with van der Waals surface area (Å²) < 4.78 is 2.01. The van der Waals surface area contributed by atoms with Crippen molar-refractivity contribution in [3.63, 3.8) is 0 Å². The Kier molecular flexibility index (Phi) is 6.32. The average Bonchev–Trinajstić information content (AvgIpc) is 3.17. The number of aromatic nitrogens is 1. The molecule has 3 heterocycles. The van der Waals surface area contributed by atoms with Crippen molar-refractivity contribution in [1.29, 1.82) is 0 Å². The highest BCUT2D eigenvalue weighted by Crippen LogP contribution is 2.33. The first-order chi connectivity index (χ1) is 15.0. The van der Waals surface area contributed by atoms with Crippen molar-refractivity contribution < 1.29 is 14.4 Å². The van der Waals surface area contributed by atoms with E-state index in [2.05, 4.69) is 19.9 Å². The Morgan fingerprint density at radius 1 is 1.03 bits per heavy atom. The quantitative estimate of drug-likeness (QED) is 0.659. The highest BCUT2D eigenvalue weighted by atomic mass is 32.2. The minimum absolute atomic E-state index is 0.149. The van der Waals surface area contributed by atoms with Gasteiger partial charge in [-0.2, -0.15) is 0 Å². The summed E-state index contributed by atoms with van der Waals surface area (Å²) in [6.45, 7) is 5.36. The van der Waals surface area contributed by atoms with Gasteiger partial charge >= 0.3 is 0 Å². The summed E-state index contributed by atoms with van der Waals surface area (Å²) in [7, 11) is 0. The topological polar surface area (TPSA) is 62.6 Å². The molecule has 0 bridgehead atoms. The van der Waals surface area contributed by atoms with Crippen LogP contribution in [0.5, 0.6) is 0 Å². The summed E-state index contributed by atoms with van der Waals surface area (Å²) in [6.07, 6.45) is 7.87. The molecule has 0 atom stereocenters. The molecule has 6 nitrogen and oxygen atoms in total. The van der Waals surface area contributed by atoms with E-state index in [1.807, 2.05) is 35.0 Å². The zero-order chi connectivity index (χ0) is 22.0. The molecule has 3 amide bonds. The summed E-state index contributed by atoms with van der Waals surface area (Å²) in [5.41, 5.74) is 4.19. The number of likely N-dealkylation sites (tertiary alicyclic amines) is 1. The van der Waals surface area contributed by atoms with E-state index in [0.29, 0.717) is 18.0 Å². The van der Waals surface area contributed by atoms with Crippen molar-refractivity contribution in [2.24, 2.45) is 0 Å². The van der Waals surface area contributed by atoms with Gasteiger partial charge in [0, 0.05) is 30.7 Å². The van der Waals surface area contributed by atoms with Crippen LogP contribution in [-0.4, -0.2) is 51.1 Å². The third-order valence-electron chi connectivity index (χ3n) is 6.02. The lowest BCUT2D eigenvalue weighted by atomic mass is 10.1. The number of carbonyl (C=O) groups is 3. The first-order valence-corrected chi connectivity index (χ1v) is 11.5. The summed E-state index contributed by atoms with van der Waals surface area (Å²) in [6, 6.07) is 9.93. The van der Waals surface area contributed by atoms with Crippen molar-refractivity contribution >= 4 is 34.9 Å². The lowest BCUT2D eigenvalue weighted by Crippen LogP contribution is -2.42. The van der Waals surface area contributed by atoms with E-state index < -0.39 is 5.91 Å². The number of hydrogen-bond acceptors (Lipinski definition) is 4. The number of imide groups is 1. The second kappa shape index (κ2) is 9.14. The maximum absolute atomic E-state index is 12.9. The molecule has 2 fully saturated rings. The molecule has 1 aromatic carbocycles. The Balaban J connectivity index is 1.54. The summed E-state index contributed by atoms with van der Waals surface area (Å²) >= 11 is 0.898. The lowest BCUT2D eigenvalue weighted by molar-refractivity contribution is -0.135.